The van der Waals surface area contributed by atoms with Crippen LogP contribution in [0.4, 0.5) is 0 Å². The predicted molar refractivity (Wildman–Crippen MR) is 293 cm³/mol. The van der Waals surface area contributed by atoms with Crippen LogP contribution in [0.15, 0.2) is 11.6 Å². The molecule has 506 valence electrons. The van der Waals surface area contributed by atoms with Crippen molar-refractivity contribution in [2.24, 2.45) is 50.2 Å². The van der Waals surface area contributed by atoms with E-state index >= 15 is 0 Å². The molecule has 0 bridgehead atoms. The molecule has 0 aromatic heterocycles. The van der Waals surface area contributed by atoms with Crippen molar-refractivity contribution >= 4 is 5.97 Å². The zero-order chi connectivity index (χ0) is 64.3. The summed E-state index contributed by atoms with van der Waals surface area (Å²) in [5, 5.41) is 199. The third-order valence-electron chi connectivity index (χ3n) is 23.3. The van der Waals surface area contributed by atoms with E-state index in [1.165, 1.54) is 5.57 Å². The lowest BCUT2D eigenvalue weighted by Crippen LogP contribution is -2.70. The SMILES string of the molecule is CC1(C)CC[C@]2(C(=O)O)CC[C@]3(C)C(=CC[C@@H]4[C@@]5(C)C[C@H](O)[C@H](O[C@@H]6O[C@H](CO)[C@@H](O)[C@H](O[C@@H]7O[C@H](CO)[C@H](O[C@@H]8O[C@H](CO)[C@H](O)[C@H](O[C@@H]9O[C@H](CO)[C@H](O)[C@H](O[C@@H]%10OC[C@@H](O)[C@H](O)[C@H]%10O)[C@H]9O)[C@H]8O)[C@H](O)[C@H]7O)[C@H]6O)[C@@](C)(CO)[C@@H]5CC[C@]43C)[C@@H]2C1. The van der Waals surface area contributed by atoms with Gasteiger partial charge in [-0.2, -0.15) is 0 Å². The molecule has 0 amide bonds. The van der Waals surface area contributed by atoms with Gasteiger partial charge in [0, 0.05) is 5.41 Å². The third-order valence-corrected chi connectivity index (χ3v) is 23.3. The Labute approximate surface area is 509 Å². The van der Waals surface area contributed by atoms with Crippen molar-refractivity contribution in [1.29, 1.82) is 0 Å². The van der Waals surface area contributed by atoms with Gasteiger partial charge in [-0.1, -0.05) is 53.2 Å². The lowest BCUT2D eigenvalue weighted by atomic mass is 9.33. The predicted octanol–water partition coefficient (Wildman–Crippen LogP) is -5.06. The van der Waals surface area contributed by atoms with E-state index in [9.17, 15) is 96.7 Å². The number of aliphatic carboxylic acids is 1. The maximum Gasteiger partial charge on any atom is 0.310 e. The topological polar surface area (TPSA) is 474 Å². The number of aliphatic hydroxyl groups is 17. The number of allylic oxidation sites excluding steroid dienone is 2. The van der Waals surface area contributed by atoms with E-state index in [4.69, 9.17) is 47.4 Å². The zero-order valence-electron chi connectivity index (χ0n) is 50.5. The molecule has 0 radical (unpaired) electrons. The number of fused-ring (bicyclic) bond motifs is 7. The van der Waals surface area contributed by atoms with E-state index in [1.54, 1.807) is 0 Å². The summed E-state index contributed by atoms with van der Waals surface area (Å²) in [6.45, 7) is 8.22. The molecule has 4 saturated carbocycles. The second-order valence-electron chi connectivity index (χ2n) is 28.6. The fourth-order valence-corrected chi connectivity index (χ4v) is 18.0. The maximum absolute atomic E-state index is 13.2. The molecule has 34 atom stereocenters. The fraction of sp³-hybridized carbons (Fsp3) is 0.949. The van der Waals surface area contributed by atoms with Crippen molar-refractivity contribution in [2.75, 3.05) is 39.6 Å². The highest BCUT2D eigenvalue weighted by Crippen LogP contribution is 2.76. The molecule has 5 saturated heterocycles. The van der Waals surface area contributed by atoms with Crippen LogP contribution in [0.1, 0.15) is 99.3 Å². The molecule has 88 heavy (non-hydrogen) atoms. The minimum atomic E-state index is -2.18. The molecule has 5 aliphatic heterocycles. The van der Waals surface area contributed by atoms with Crippen LogP contribution >= 0.6 is 0 Å². The van der Waals surface area contributed by atoms with Crippen LogP contribution in [0.3, 0.4) is 0 Å². The molecular weight excluding hydrogens is 1170 g/mol. The van der Waals surface area contributed by atoms with E-state index < -0.39 is 221 Å². The van der Waals surface area contributed by atoms with Gasteiger partial charge in [-0.15, -0.1) is 0 Å². The van der Waals surface area contributed by atoms with Crippen LogP contribution in [0.2, 0.25) is 0 Å². The first kappa shape index (κ1) is 69.0. The van der Waals surface area contributed by atoms with Crippen LogP contribution in [-0.4, -0.2) is 297 Å². The average Bonchev–Trinajstić information content (AvgIpc) is 0.679. The normalized spacial score (nSPS) is 54.7. The van der Waals surface area contributed by atoms with Crippen molar-refractivity contribution < 1.29 is 144 Å². The molecule has 29 heteroatoms. The van der Waals surface area contributed by atoms with Gasteiger partial charge in [-0.25, -0.2) is 0 Å². The molecule has 10 rings (SSSR count). The van der Waals surface area contributed by atoms with Crippen LogP contribution in [0, 0.1) is 50.2 Å². The molecule has 5 aliphatic carbocycles. The van der Waals surface area contributed by atoms with Gasteiger partial charge < -0.3 is 139 Å². The van der Waals surface area contributed by atoms with Gasteiger partial charge in [-0.05, 0) is 97.2 Å². The number of carboxylic acid groups (broad SMARTS) is 1. The number of hydrogen-bond acceptors (Lipinski definition) is 28. The van der Waals surface area contributed by atoms with Gasteiger partial charge in [0.15, 0.2) is 31.5 Å². The first-order valence-corrected chi connectivity index (χ1v) is 31.0. The molecule has 18 N–H and O–H groups in total. The van der Waals surface area contributed by atoms with Gasteiger partial charge in [0.1, 0.15) is 116 Å². The molecule has 9 fully saturated rings. The summed E-state index contributed by atoms with van der Waals surface area (Å²) in [7, 11) is 0. The maximum atomic E-state index is 13.2. The number of aliphatic hydroxyl groups excluding tert-OH is 17. The molecule has 10 aliphatic rings. The van der Waals surface area contributed by atoms with Crippen molar-refractivity contribution in [3.8, 4) is 0 Å². The number of carbonyl (C=O) groups is 1. The highest BCUT2D eigenvalue weighted by atomic mass is 16.8. The van der Waals surface area contributed by atoms with Gasteiger partial charge in [0.2, 0.25) is 0 Å². The Hall–Kier alpha value is -1.87. The Bertz CT molecular complexity index is 2440. The van der Waals surface area contributed by atoms with Gasteiger partial charge >= 0.3 is 5.97 Å². The summed E-state index contributed by atoms with van der Waals surface area (Å²) in [6.07, 6.45) is -39.7. The Kier molecular flexibility index (Phi) is 20.1. The van der Waals surface area contributed by atoms with Crippen LogP contribution in [-0.2, 0) is 52.2 Å². The Morgan fingerprint density at radius 1 is 0.500 bits per heavy atom. The van der Waals surface area contributed by atoms with E-state index in [-0.39, 0.29) is 40.4 Å². The van der Waals surface area contributed by atoms with Gasteiger partial charge in [0.05, 0.1) is 57.3 Å². The Morgan fingerprint density at radius 3 is 1.48 bits per heavy atom. The first-order valence-electron chi connectivity index (χ1n) is 31.0. The molecule has 0 aromatic carbocycles. The zero-order valence-corrected chi connectivity index (χ0v) is 50.5. The quantitative estimate of drug-likeness (QED) is 0.0508. The van der Waals surface area contributed by atoms with Crippen LogP contribution < -0.4 is 0 Å². The summed E-state index contributed by atoms with van der Waals surface area (Å²) < 4.78 is 58.2. The average molecular weight is 1270 g/mol. The van der Waals surface area contributed by atoms with E-state index in [2.05, 4.69) is 40.7 Å². The highest BCUT2D eigenvalue weighted by molar-refractivity contribution is 5.76. The van der Waals surface area contributed by atoms with Gasteiger partial charge in [0.25, 0.3) is 0 Å². The lowest BCUT2D eigenvalue weighted by Gasteiger charge is -2.71. The minimum Gasteiger partial charge on any atom is -0.481 e. The second-order valence-corrected chi connectivity index (χ2v) is 28.6. The smallest absolute Gasteiger partial charge is 0.310 e. The van der Waals surface area contributed by atoms with E-state index in [0.29, 0.717) is 32.1 Å². The standard InChI is InChI=1S/C59H96O29/c1-54(2)11-13-59(53(77)78)14-12-57(5)23(24(59)15-54)7-8-32-55(3)16-25(65)47(56(4,22-64)31(55)9-10-58(32,57)6)88-52-42(76)46(36(70)29(19-62)82-52)86-49-39(73)37(71)43(30(20-63)83-49)84-50-41(75)45(35(69)28(18-61)80-50)87-51-40(74)44(34(68)27(17-60)81-51)85-48-38(72)33(67)26(66)21-79-48/h7,24-52,60-76H,8-22H2,1-6H3,(H,77,78)/t24-,25-,26+,27+,28+,29+,30+,31+,32+,33-,34-,35-,36+,37+,38+,39+,40+,41+,42+,43-,44-,45-,46-,47-,48-,49-,50-,51-,52-,55-,56-,57+,58+,59-/m0/s1. The monoisotopic (exact) mass is 1270 g/mol. The number of rotatable bonds is 16. The van der Waals surface area contributed by atoms with Crippen molar-refractivity contribution in [1.82, 2.24) is 0 Å². The minimum absolute atomic E-state index is 0.00645. The molecule has 29 nitrogen and oxygen atoms in total. The fourth-order valence-electron chi connectivity index (χ4n) is 18.0. The molecule has 0 unspecified atom stereocenters. The molecule has 0 spiro atoms. The summed E-state index contributed by atoms with van der Waals surface area (Å²) in [5.41, 5.74) is -2.09. The Morgan fingerprint density at radius 2 is 0.966 bits per heavy atom. The van der Waals surface area contributed by atoms with Crippen molar-refractivity contribution in [3.05, 3.63) is 11.6 Å². The largest absolute Gasteiger partial charge is 0.481 e. The summed E-state index contributed by atoms with van der Waals surface area (Å²) >= 11 is 0. The van der Waals surface area contributed by atoms with Crippen LogP contribution in [0.25, 0.3) is 0 Å². The van der Waals surface area contributed by atoms with Crippen molar-refractivity contribution in [3.63, 3.8) is 0 Å². The van der Waals surface area contributed by atoms with E-state index in [1.807, 2.05) is 6.92 Å². The molecular formula is C59H96O29. The number of carboxylic acids is 1. The summed E-state index contributed by atoms with van der Waals surface area (Å²) in [6, 6.07) is 0. The highest BCUT2D eigenvalue weighted by Gasteiger charge is 2.72. The van der Waals surface area contributed by atoms with Crippen molar-refractivity contribution in [2.45, 2.75) is 259 Å². The molecule has 0 aromatic rings. The number of ether oxygens (including phenoxy) is 10. The molecule has 5 heterocycles. The summed E-state index contributed by atoms with van der Waals surface area (Å²) in [5.74, 6) is -1.13. The first-order chi connectivity index (χ1) is 41.3. The third kappa shape index (κ3) is 11.4. The number of hydrogen-bond donors (Lipinski definition) is 18. The van der Waals surface area contributed by atoms with E-state index in [0.717, 1.165) is 19.3 Å². The summed E-state index contributed by atoms with van der Waals surface area (Å²) in [4.78, 5) is 13.2. The Balaban J connectivity index is 0.822. The van der Waals surface area contributed by atoms with Crippen LogP contribution in [0.5, 0.6) is 0 Å². The lowest BCUT2D eigenvalue weighted by molar-refractivity contribution is -0.396. The van der Waals surface area contributed by atoms with Gasteiger partial charge in [-0.3, -0.25) is 4.79 Å². The second kappa shape index (κ2) is 25.7.